The Morgan fingerprint density at radius 1 is 1.54 bits per heavy atom. The summed E-state index contributed by atoms with van der Waals surface area (Å²) in [6.45, 7) is 0.610. The number of nitrogens with zero attached hydrogens (tertiary/aromatic N) is 3. The number of carbonyl (C=O) groups is 1. The third-order valence-electron chi connectivity index (χ3n) is 1.66. The van der Waals surface area contributed by atoms with Crippen LogP contribution in [0.15, 0.2) is 5.11 Å². The highest BCUT2D eigenvalue weighted by molar-refractivity contribution is 5.73. The van der Waals surface area contributed by atoms with Gasteiger partial charge < -0.3 is 10.8 Å². The second-order valence-corrected chi connectivity index (χ2v) is 2.70. The second kappa shape index (κ2) is 7.39. The van der Waals surface area contributed by atoms with E-state index in [9.17, 15) is 4.79 Å². The highest BCUT2D eigenvalue weighted by Gasteiger charge is 2.13. The fourth-order valence-electron chi connectivity index (χ4n) is 0.952. The number of hydrogen-bond acceptors (Lipinski definition) is 3. The maximum Gasteiger partial charge on any atom is 0.312 e. The van der Waals surface area contributed by atoms with Crippen LogP contribution < -0.4 is 5.73 Å². The molecule has 1 atom stereocenters. The van der Waals surface area contributed by atoms with Crippen molar-refractivity contribution in [1.29, 1.82) is 0 Å². The molecule has 6 nitrogen and oxygen atoms in total. The molecule has 0 aliphatic heterocycles. The molecule has 0 aromatic rings. The van der Waals surface area contributed by atoms with Crippen LogP contribution in [0.3, 0.4) is 0 Å². The van der Waals surface area contributed by atoms with E-state index in [1.54, 1.807) is 0 Å². The summed E-state index contributed by atoms with van der Waals surface area (Å²) in [6.07, 6.45) is 2.87. The lowest BCUT2D eigenvalue weighted by atomic mass is 10.1. The van der Waals surface area contributed by atoms with Crippen molar-refractivity contribution in [1.82, 2.24) is 0 Å². The van der Waals surface area contributed by atoms with Crippen LogP contribution in [0.1, 0.15) is 25.7 Å². The van der Waals surface area contributed by atoms with Crippen LogP contribution in [-0.4, -0.2) is 23.7 Å². The third-order valence-corrected chi connectivity index (χ3v) is 1.66. The molecule has 0 unspecified atom stereocenters. The third kappa shape index (κ3) is 5.95. The zero-order valence-corrected chi connectivity index (χ0v) is 7.39. The van der Waals surface area contributed by atoms with E-state index in [1.807, 2.05) is 0 Å². The highest BCUT2D eigenvalue weighted by atomic mass is 16.4. The quantitative estimate of drug-likeness (QED) is 0.270. The van der Waals surface area contributed by atoms with Crippen LogP contribution in [0.25, 0.3) is 10.4 Å². The first kappa shape index (κ1) is 11.7. The minimum absolute atomic E-state index is 0.388. The topological polar surface area (TPSA) is 112 Å². The average Bonchev–Trinajstić information content (AvgIpc) is 2.10. The summed E-state index contributed by atoms with van der Waals surface area (Å²) < 4.78 is 0. The Morgan fingerprint density at radius 3 is 2.69 bits per heavy atom. The van der Waals surface area contributed by atoms with E-state index in [0.29, 0.717) is 13.0 Å². The molecule has 0 aromatic heterocycles. The fraction of sp³-hybridized carbons (Fsp3) is 0.857. The molecule has 0 amide bonds. The SMILES string of the molecule is [N-]=[N+]=N[C@@H](CCCCCN)C(=O)O. The molecule has 0 aliphatic rings. The summed E-state index contributed by atoms with van der Waals surface area (Å²) in [5.41, 5.74) is 13.3. The molecule has 13 heavy (non-hydrogen) atoms. The second-order valence-electron chi connectivity index (χ2n) is 2.70. The van der Waals surface area contributed by atoms with E-state index in [2.05, 4.69) is 10.0 Å². The first-order chi connectivity index (χ1) is 6.22. The van der Waals surface area contributed by atoms with Crippen LogP contribution in [-0.2, 0) is 4.79 Å². The summed E-state index contributed by atoms with van der Waals surface area (Å²) in [6, 6.07) is -0.928. The van der Waals surface area contributed by atoms with E-state index in [0.717, 1.165) is 19.3 Å². The van der Waals surface area contributed by atoms with Crippen molar-refractivity contribution in [3.63, 3.8) is 0 Å². The molecule has 6 heteroatoms. The standard InChI is InChI=1S/C7H14N4O2/c8-5-3-1-2-4-6(7(12)13)10-11-9/h6H,1-5,8H2,(H,12,13)/t6-/m0/s1. The Balaban J connectivity index is 3.70. The van der Waals surface area contributed by atoms with Crippen molar-refractivity contribution in [2.45, 2.75) is 31.7 Å². The van der Waals surface area contributed by atoms with Crippen molar-refractivity contribution in [3.8, 4) is 0 Å². The Morgan fingerprint density at radius 2 is 2.23 bits per heavy atom. The lowest BCUT2D eigenvalue weighted by Gasteiger charge is -2.04. The molecule has 0 radical (unpaired) electrons. The lowest BCUT2D eigenvalue weighted by Crippen LogP contribution is -2.16. The van der Waals surface area contributed by atoms with Gasteiger partial charge in [-0.1, -0.05) is 18.0 Å². The fourth-order valence-corrected chi connectivity index (χ4v) is 0.952. The number of rotatable bonds is 7. The molecule has 74 valence electrons. The van der Waals surface area contributed by atoms with Gasteiger partial charge in [0.05, 0.1) is 0 Å². The predicted molar refractivity (Wildman–Crippen MR) is 48.1 cm³/mol. The first-order valence-electron chi connectivity index (χ1n) is 4.19. The number of unbranched alkanes of at least 4 members (excludes halogenated alkanes) is 2. The van der Waals surface area contributed by atoms with Crippen LogP contribution >= 0.6 is 0 Å². The van der Waals surface area contributed by atoms with Gasteiger partial charge >= 0.3 is 5.97 Å². The maximum absolute atomic E-state index is 10.5. The van der Waals surface area contributed by atoms with Crippen LogP contribution in [0.4, 0.5) is 0 Å². The van der Waals surface area contributed by atoms with E-state index < -0.39 is 12.0 Å². The largest absolute Gasteiger partial charge is 0.481 e. The first-order valence-corrected chi connectivity index (χ1v) is 4.19. The van der Waals surface area contributed by atoms with E-state index >= 15 is 0 Å². The van der Waals surface area contributed by atoms with Gasteiger partial charge in [0, 0.05) is 4.91 Å². The minimum atomic E-state index is -1.06. The summed E-state index contributed by atoms with van der Waals surface area (Å²) in [5.74, 6) is -1.06. The summed E-state index contributed by atoms with van der Waals surface area (Å²) in [7, 11) is 0. The lowest BCUT2D eigenvalue weighted by molar-refractivity contribution is -0.138. The number of carboxylic acids is 1. The van der Waals surface area contributed by atoms with Crippen molar-refractivity contribution < 1.29 is 9.90 Å². The molecule has 0 rings (SSSR count). The molecule has 0 fully saturated rings. The smallest absolute Gasteiger partial charge is 0.312 e. The number of azide groups is 1. The zero-order chi connectivity index (χ0) is 10.1. The molecule has 0 aliphatic carbocycles. The summed E-state index contributed by atoms with van der Waals surface area (Å²) in [4.78, 5) is 12.9. The van der Waals surface area contributed by atoms with Gasteiger partial charge in [0.25, 0.3) is 0 Å². The van der Waals surface area contributed by atoms with Gasteiger partial charge in [0.2, 0.25) is 0 Å². The molecule has 0 spiro atoms. The Hall–Kier alpha value is -1.26. The Kier molecular flexibility index (Phi) is 6.68. The van der Waals surface area contributed by atoms with Gasteiger partial charge in [-0.2, -0.15) is 0 Å². The predicted octanol–water partition coefficient (Wildman–Crippen LogP) is 1.27. The van der Waals surface area contributed by atoms with Gasteiger partial charge in [-0.15, -0.1) is 0 Å². The van der Waals surface area contributed by atoms with Gasteiger partial charge in [0.1, 0.15) is 6.04 Å². The van der Waals surface area contributed by atoms with Crippen molar-refractivity contribution in [2.24, 2.45) is 10.8 Å². The van der Waals surface area contributed by atoms with Crippen LogP contribution in [0, 0.1) is 0 Å². The van der Waals surface area contributed by atoms with Gasteiger partial charge in [0.15, 0.2) is 0 Å². The number of hydrogen-bond donors (Lipinski definition) is 2. The average molecular weight is 186 g/mol. The van der Waals surface area contributed by atoms with Crippen molar-refractivity contribution >= 4 is 5.97 Å². The summed E-state index contributed by atoms with van der Waals surface area (Å²) >= 11 is 0. The van der Waals surface area contributed by atoms with Gasteiger partial charge in [-0.05, 0) is 24.9 Å². The highest BCUT2D eigenvalue weighted by Crippen LogP contribution is 2.06. The van der Waals surface area contributed by atoms with Crippen LogP contribution in [0.5, 0.6) is 0 Å². The minimum Gasteiger partial charge on any atom is -0.481 e. The van der Waals surface area contributed by atoms with E-state index in [4.69, 9.17) is 16.4 Å². The number of carboxylic acid groups (broad SMARTS) is 1. The normalized spacial score (nSPS) is 11.8. The van der Waals surface area contributed by atoms with Gasteiger partial charge in [-0.25, -0.2) is 0 Å². The Labute approximate surface area is 76.4 Å². The monoisotopic (exact) mass is 186 g/mol. The van der Waals surface area contributed by atoms with E-state index in [-0.39, 0.29) is 0 Å². The van der Waals surface area contributed by atoms with Crippen LogP contribution in [0.2, 0.25) is 0 Å². The molecule has 3 N–H and O–H groups in total. The molecule has 0 saturated heterocycles. The molecule has 0 saturated carbocycles. The molecule has 0 bridgehead atoms. The van der Waals surface area contributed by atoms with Crippen molar-refractivity contribution in [2.75, 3.05) is 6.54 Å². The maximum atomic E-state index is 10.5. The molecular weight excluding hydrogens is 172 g/mol. The van der Waals surface area contributed by atoms with E-state index in [1.165, 1.54) is 0 Å². The zero-order valence-electron chi connectivity index (χ0n) is 7.39. The summed E-state index contributed by atoms with van der Waals surface area (Å²) in [5, 5.41) is 11.7. The number of nitrogens with two attached hydrogens (primary N) is 1. The van der Waals surface area contributed by atoms with Gasteiger partial charge in [-0.3, -0.25) is 4.79 Å². The number of aliphatic carboxylic acids is 1. The Bertz CT molecular complexity index is 199. The molecular formula is C7H14N4O2. The molecule has 0 aromatic carbocycles. The van der Waals surface area contributed by atoms with Crippen molar-refractivity contribution in [3.05, 3.63) is 10.4 Å². The molecule has 0 heterocycles.